The first-order chi connectivity index (χ1) is 11.7. The first-order valence-corrected chi connectivity index (χ1v) is 8.89. The van der Waals surface area contributed by atoms with Gasteiger partial charge in [0.05, 0.1) is 6.61 Å². The number of aliphatic hydroxyl groups excluding tert-OH is 1. The van der Waals surface area contributed by atoms with Crippen molar-refractivity contribution in [3.8, 4) is 11.5 Å². The van der Waals surface area contributed by atoms with Crippen LogP contribution in [0.15, 0.2) is 18.2 Å². The number of fused-ring (bicyclic) bond motifs is 1. The molecule has 1 aromatic carbocycles. The number of anilines is 1. The molecule has 1 unspecified atom stereocenters. The Hall–Kier alpha value is -1.50. The van der Waals surface area contributed by atoms with Crippen molar-refractivity contribution in [2.24, 2.45) is 0 Å². The highest BCUT2D eigenvalue weighted by molar-refractivity contribution is 5.57. The van der Waals surface area contributed by atoms with Crippen molar-refractivity contribution in [3.05, 3.63) is 18.2 Å². The smallest absolute Gasteiger partial charge is 0.231 e. The fraction of sp³-hybridized carbons (Fsp3) is 0.667. The predicted molar refractivity (Wildman–Crippen MR) is 90.6 cm³/mol. The second-order valence-corrected chi connectivity index (χ2v) is 7.21. The molecule has 0 aliphatic carbocycles. The lowest BCUT2D eigenvalue weighted by Gasteiger charge is -2.45. The maximum Gasteiger partial charge on any atom is 0.231 e. The molecular formula is C18H26N2O4. The summed E-state index contributed by atoms with van der Waals surface area (Å²) in [5.74, 6) is 1.66. The Balaban J connectivity index is 1.37. The Morgan fingerprint density at radius 3 is 2.71 bits per heavy atom. The molecule has 0 saturated carbocycles. The minimum Gasteiger partial charge on any atom is -0.454 e. The maximum atomic E-state index is 10.4. The standard InChI is InChI=1S/C18H26N2O4/c21-12-18(22)6-1-7-20(11-18)14-4-8-19(9-5-14)15-2-3-16-17(10-15)24-13-23-16/h2-3,10,14,21-22H,1,4-9,11-13H2. The predicted octanol–water partition coefficient (Wildman–Crippen LogP) is 1.20. The van der Waals surface area contributed by atoms with Crippen molar-refractivity contribution in [2.75, 3.05) is 44.5 Å². The Morgan fingerprint density at radius 1 is 1.12 bits per heavy atom. The first-order valence-electron chi connectivity index (χ1n) is 8.89. The largest absolute Gasteiger partial charge is 0.454 e. The number of ether oxygens (including phenoxy) is 2. The van der Waals surface area contributed by atoms with E-state index in [1.54, 1.807) is 0 Å². The van der Waals surface area contributed by atoms with E-state index in [2.05, 4.69) is 21.9 Å². The summed E-state index contributed by atoms with van der Waals surface area (Å²) < 4.78 is 10.8. The molecule has 2 N–H and O–H groups in total. The van der Waals surface area contributed by atoms with Crippen LogP contribution in [0, 0.1) is 0 Å². The highest BCUT2D eigenvalue weighted by atomic mass is 16.7. The van der Waals surface area contributed by atoms with Crippen molar-refractivity contribution >= 4 is 5.69 Å². The molecular weight excluding hydrogens is 308 g/mol. The Kier molecular flexibility index (Phi) is 4.28. The Labute approximate surface area is 142 Å². The van der Waals surface area contributed by atoms with E-state index in [1.807, 2.05) is 6.07 Å². The molecule has 4 rings (SSSR count). The summed E-state index contributed by atoms with van der Waals surface area (Å²) >= 11 is 0. The van der Waals surface area contributed by atoms with E-state index in [0.717, 1.165) is 50.4 Å². The monoisotopic (exact) mass is 334 g/mol. The number of β-amino-alcohol motifs (C(OH)–C–C–N with tert-alkyl or cyclic N) is 1. The first kappa shape index (κ1) is 16.0. The molecule has 1 aromatic rings. The molecule has 24 heavy (non-hydrogen) atoms. The van der Waals surface area contributed by atoms with E-state index in [-0.39, 0.29) is 6.61 Å². The van der Waals surface area contributed by atoms with E-state index in [1.165, 1.54) is 5.69 Å². The summed E-state index contributed by atoms with van der Waals surface area (Å²) in [7, 11) is 0. The van der Waals surface area contributed by atoms with E-state index >= 15 is 0 Å². The number of hydrogen-bond donors (Lipinski definition) is 2. The van der Waals surface area contributed by atoms with Crippen LogP contribution in [0.5, 0.6) is 11.5 Å². The molecule has 6 heteroatoms. The highest BCUT2D eigenvalue weighted by Crippen LogP contribution is 2.36. The number of nitrogens with zero attached hydrogens (tertiary/aromatic N) is 2. The zero-order valence-corrected chi connectivity index (χ0v) is 14.0. The topological polar surface area (TPSA) is 65.4 Å². The van der Waals surface area contributed by atoms with E-state index in [0.29, 0.717) is 25.8 Å². The van der Waals surface area contributed by atoms with Crippen LogP contribution in [-0.4, -0.2) is 66.3 Å². The lowest BCUT2D eigenvalue weighted by atomic mass is 9.91. The zero-order valence-electron chi connectivity index (χ0n) is 14.0. The van der Waals surface area contributed by atoms with Crippen LogP contribution in [-0.2, 0) is 0 Å². The summed E-state index contributed by atoms with van der Waals surface area (Å²) in [5.41, 5.74) is 0.274. The second kappa shape index (κ2) is 6.43. The molecule has 0 aromatic heterocycles. The minimum atomic E-state index is -0.910. The molecule has 3 aliphatic heterocycles. The van der Waals surface area contributed by atoms with Crippen LogP contribution in [0.25, 0.3) is 0 Å². The minimum absolute atomic E-state index is 0.139. The molecule has 1 atom stereocenters. The van der Waals surface area contributed by atoms with Gasteiger partial charge in [-0.15, -0.1) is 0 Å². The molecule has 0 amide bonds. The molecule has 3 heterocycles. The van der Waals surface area contributed by atoms with Gasteiger partial charge in [0, 0.05) is 37.4 Å². The average molecular weight is 334 g/mol. The number of aliphatic hydroxyl groups is 2. The zero-order chi connectivity index (χ0) is 16.6. The third-order valence-corrected chi connectivity index (χ3v) is 5.58. The lowest BCUT2D eigenvalue weighted by Crippen LogP contribution is -2.55. The summed E-state index contributed by atoms with van der Waals surface area (Å²) in [5, 5.41) is 19.8. The quantitative estimate of drug-likeness (QED) is 0.866. The molecule has 3 aliphatic rings. The van der Waals surface area contributed by atoms with Crippen molar-refractivity contribution in [3.63, 3.8) is 0 Å². The van der Waals surface area contributed by atoms with Crippen LogP contribution < -0.4 is 14.4 Å². The summed E-state index contributed by atoms with van der Waals surface area (Å²) in [6.45, 7) is 3.79. The third-order valence-electron chi connectivity index (χ3n) is 5.58. The summed E-state index contributed by atoms with van der Waals surface area (Å²) in [6, 6.07) is 6.64. The normalized spacial score (nSPS) is 28.3. The van der Waals surface area contributed by atoms with Crippen LogP contribution in [0.4, 0.5) is 5.69 Å². The van der Waals surface area contributed by atoms with Gasteiger partial charge in [-0.05, 0) is 44.4 Å². The number of benzene rings is 1. The van der Waals surface area contributed by atoms with Crippen molar-refractivity contribution in [1.82, 2.24) is 4.90 Å². The Morgan fingerprint density at radius 2 is 1.92 bits per heavy atom. The van der Waals surface area contributed by atoms with Gasteiger partial charge in [0.1, 0.15) is 5.60 Å². The number of rotatable bonds is 3. The fourth-order valence-corrected chi connectivity index (χ4v) is 4.16. The molecule has 0 radical (unpaired) electrons. The highest BCUT2D eigenvalue weighted by Gasteiger charge is 2.36. The van der Waals surface area contributed by atoms with Gasteiger partial charge >= 0.3 is 0 Å². The van der Waals surface area contributed by atoms with Crippen LogP contribution in [0.1, 0.15) is 25.7 Å². The van der Waals surface area contributed by atoms with E-state index in [4.69, 9.17) is 9.47 Å². The van der Waals surface area contributed by atoms with Crippen molar-refractivity contribution in [2.45, 2.75) is 37.3 Å². The molecule has 0 bridgehead atoms. The third kappa shape index (κ3) is 3.06. The van der Waals surface area contributed by atoms with E-state index < -0.39 is 5.60 Å². The average Bonchev–Trinajstić information content (AvgIpc) is 3.10. The molecule has 0 spiro atoms. The van der Waals surface area contributed by atoms with E-state index in [9.17, 15) is 10.2 Å². The van der Waals surface area contributed by atoms with Gasteiger partial charge in [-0.3, -0.25) is 4.90 Å². The van der Waals surface area contributed by atoms with Gasteiger partial charge < -0.3 is 24.6 Å². The fourth-order valence-electron chi connectivity index (χ4n) is 4.16. The van der Waals surface area contributed by atoms with Crippen molar-refractivity contribution < 1.29 is 19.7 Å². The molecule has 132 valence electrons. The number of likely N-dealkylation sites (tertiary alicyclic amines) is 1. The Bertz CT molecular complexity index is 588. The second-order valence-electron chi connectivity index (χ2n) is 7.21. The van der Waals surface area contributed by atoms with Gasteiger partial charge in [0.15, 0.2) is 11.5 Å². The van der Waals surface area contributed by atoms with Crippen LogP contribution >= 0.6 is 0 Å². The summed E-state index contributed by atoms with van der Waals surface area (Å²) in [6.07, 6.45) is 3.82. The van der Waals surface area contributed by atoms with Crippen LogP contribution in [0.2, 0.25) is 0 Å². The van der Waals surface area contributed by atoms with Gasteiger partial charge in [-0.2, -0.15) is 0 Å². The molecule has 2 saturated heterocycles. The number of hydrogen-bond acceptors (Lipinski definition) is 6. The SMILES string of the molecule is OCC1(O)CCCN(C2CCN(c3ccc4c(c3)OCO4)CC2)C1. The summed E-state index contributed by atoms with van der Waals surface area (Å²) in [4.78, 5) is 4.76. The number of piperidine rings is 2. The molecule has 2 fully saturated rings. The van der Waals surface area contributed by atoms with Gasteiger partial charge in [-0.1, -0.05) is 0 Å². The lowest BCUT2D eigenvalue weighted by molar-refractivity contribution is -0.0781. The molecule has 6 nitrogen and oxygen atoms in total. The van der Waals surface area contributed by atoms with Crippen LogP contribution in [0.3, 0.4) is 0 Å². The van der Waals surface area contributed by atoms with Gasteiger partial charge in [0.25, 0.3) is 0 Å². The van der Waals surface area contributed by atoms with Gasteiger partial charge in [0.2, 0.25) is 6.79 Å². The maximum absolute atomic E-state index is 10.4. The van der Waals surface area contributed by atoms with Crippen molar-refractivity contribution in [1.29, 1.82) is 0 Å². The van der Waals surface area contributed by atoms with Gasteiger partial charge in [-0.25, -0.2) is 0 Å².